The summed E-state index contributed by atoms with van der Waals surface area (Å²) in [5.41, 5.74) is 0.823. The zero-order valence-corrected chi connectivity index (χ0v) is 8.82. The Morgan fingerprint density at radius 2 is 1.94 bits per heavy atom. The summed E-state index contributed by atoms with van der Waals surface area (Å²) in [5.74, 6) is -0.733. The number of aliphatic carboxylic acids is 1. The van der Waals surface area contributed by atoms with E-state index in [1.807, 2.05) is 0 Å². The van der Waals surface area contributed by atoms with Crippen molar-refractivity contribution in [2.24, 2.45) is 11.8 Å². The predicted molar refractivity (Wildman–Crippen MR) is 56.5 cm³/mol. The van der Waals surface area contributed by atoms with Crippen LogP contribution >= 0.6 is 0 Å². The van der Waals surface area contributed by atoms with E-state index >= 15 is 0 Å². The fraction of sp³-hybridized carbons (Fsp3) is 0.462. The first kappa shape index (κ1) is 9.82. The van der Waals surface area contributed by atoms with E-state index < -0.39 is 5.97 Å². The summed E-state index contributed by atoms with van der Waals surface area (Å²) in [6.07, 6.45) is 2.95. The highest BCUT2D eigenvalue weighted by Gasteiger charge is 2.66. The van der Waals surface area contributed by atoms with Crippen molar-refractivity contribution in [1.29, 1.82) is 0 Å². The van der Waals surface area contributed by atoms with E-state index in [4.69, 9.17) is 5.11 Å². The van der Waals surface area contributed by atoms with E-state index in [0.29, 0.717) is 5.92 Å². The van der Waals surface area contributed by atoms with Gasteiger partial charge in [0.1, 0.15) is 5.82 Å². The van der Waals surface area contributed by atoms with Crippen molar-refractivity contribution >= 4 is 5.97 Å². The van der Waals surface area contributed by atoms with Crippen LogP contribution in [0.2, 0.25) is 0 Å². The van der Waals surface area contributed by atoms with Crippen molar-refractivity contribution in [3.63, 3.8) is 0 Å². The third kappa shape index (κ3) is 1.27. The van der Waals surface area contributed by atoms with Crippen LogP contribution in [0, 0.1) is 17.7 Å². The van der Waals surface area contributed by atoms with Gasteiger partial charge in [-0.05, 0) is 42.9 Å². The highest BCUT2D eigenvalue weighted by Crippen LogP contribution is 2.66. The van der Waals surface area contributed by atoms with E-state index in [0.717, 1.165) is 24.8 Å². The minimum atomic E-state index is -0.712. The average Bonchev–Trinajstić information content (AvgIpc) is 3.12. The summed E-state index contributed by atoms with van der Waals surface area (Å²) < 4.78 is 12.9. The Morgan fingerprint density at radius 3 is 2.38 bits per heavy atom. The van der Waals surface area contributed by atoms with E-state index in [1.54, 1.807) is 12.1 Å². The van der Waals surface area contributed by atoms with Crippen LogP contribution < -0.4 is 0 Å². The van der Waals surface area contributed by atoms with Gasteiger partial charge in [-0.3, -0.25) is 4.79 Å². The molecule has 0 spiro atoms. The summed E-state index contributed by atoms with van der Waals surface area (Å²) >= 11 is 0. The summed E-state index contributed by atoms with van der Waals surface area (Å²) in [7, 11) is 0. The van der Waals surface area contributed by atoms with Crippen LogP contribution in [-0.2, 0) is 10.2 Å². The van der Waals surface area contributed by atoms with Crippen molar-refractivity contribution in [3.8, 4) is 0 Å². The lowest BCUT2D eigenvalue weighted by Gasteiger charge is -2.15. The number of halogens is 1. The van der Waals surface area contributed by atoms with Gasteiger partial charge in [-0.1, -0.05) is 12.1 Å². The largest absolute Gasteiger partial charge is 0.481 e. The number of benzene rings is 1. The van der Waals surface area contributed by atoms with Crippen LogP contribution in [0.1, 0.15) is 24.8 Å². The second-order valence-electron chi connectivity index (χ2n) is 4.92. The molecule has 2 aliphatic rings. The molecule has 0 radical (unpaired) electrons. The molecule has 0 heterocycles. The summed E-state index contributed by atoms with van der Waals surface area (Å²) in [5, 5.41) is 9.11. The van der Waals surface area contributed by atoms with Gasteiger partial charge in [0, 0.05) is 5.41 Å². The molecule has 0 bridgehead atoms. The fourth-order valence-corrected chi connectivity index (χ4v) is 2.95. The fourth-order valence-electron chi connectivity index (χ4n) is 2.95. The van der Waals surface area contributed by atoms with Crippen LogP contribution in [0.25, 0.3) is 0 Å². The number of carboxylic acids is 1. The van der Waals surface area contributed by atoms with Gasteiger partial charge in [0.25, 0.3) is 0 Å². The number of carbonyl (C=O) groups is 1. The van der Waals surface area contributed by atoms with Gasteiger partial charge < -0.3 is 5.11 Å². The Balaban J connectivity index is 1.96. The second kappa shape index (κ2) is 3.06. The first-order valence-electron chi connectivity index (χ1n) is 5.63. The normalized spacial score (nSPS) is 32.4. The van der Waals surface area contributed by atoms with Gasteiger partial charge >= 0.3 is 5.97 Å². The molecule has 2 nitrogen and oxygen atoms in total. The minimum absolute atomic E-state index is 0.181. The third-order valence-corrected chi connectivity index (χ3v) is 3.99. The van der Waals surface area contributed by atoms with Crippen LogP contribution in [-0.4, -0.2) is 11.1 Å². The molecule has 84 valence electrons. The van der Waals surface area contributed by atoms with Gasteiger partial charge in [0.15, 0.2) is 0 Å². The van der Waals surface area contributed by atoms with Crippen LogP contribution in [0.4, 0.5) is 4.39 Å². The minimum Gasteiger partial charge on any atom is -0.481 e. The molecule has 3 rings (SSSR count). The van der Waals surface area contributed by atoms with Gasteiger partial charge in [0.05, 0.1) is 5.92 Å². The van der Waals surface area contributed by atoms with E-state index in [2.05, 4.69) is 0 Å². The molecule has 0 aromatic heterocycles. The molecule has 0 amide bonds. The topological polar surface area (TPSA) is 37.3 Å². The van der Waals surface area contributed by atoms with E-state index in [-0.39, 0.29) is 17.2 Å². The Bertz CT molecular complexity index is 436. The zero-order chi connectivity index (χ0) is 11.3. The lowest BCUT2D eigenvalue weighted by Crippen LogP contribution is -2.17. The Kier molecular flexibility index (Phi) is 1.88. The van der Waals surface area contributed by atoms with Crippen LogP contribution in [0.3, 0.4) is 0 Å². The molecule has 2 atom stereocenters. The molecular weight excluding hydrogens is 207 g/mol. The van der Waals surface area contributed by atoms with Gasteiger partial charge in [-0.25, -0.2) is 4.39 Å². The van der Waals surface area contributed by atoms with Crippen LogP contribution in [0.5, 0.6) is 0 Å². The second-order valence-corrected chi connectivity index (χ2v) is 4.92. The van der Waals surface area contributed by atoms with E-state index in [9.17, 15) is 9.18 Å². The maximum atomic E-state index is 12.9. The molecule has 1 N–H and O–H groups in total. The molecule has 1 aromatic carbocycles. The maximum absolute atomic E-state index is 12.9. The van der Waals surface area contributed by atoms with Gasteiger partial charge in [-0.2, -0.15) is 0 Å². The standard InChI is InChI=1S/C13H13FO2/c14-10-5-3-9(4-6-10)13(8-1-2-8)7-11(13)12(15)16/h3-6,8,11H,1-2,7H2,(H,15,16)/t11-,13?/m0/s1. The Morgan fingerprint density at radius 1 is 1.31 bits per heavy atom. The summed E-state index contributed by atoms with van der Waals surface area (Å²) in [4.78, 5) is 11.1. The number of carboxylic acid groups (broad SMARTS) is 1. The van der Waals surface area contributed by atoms with Crippen molar-refractivity contribution in [3.05, 3.63) is 35.6 Å². The molecule has 1 aromatic rings. The highest BCUT2D eigenvalue weighted by molar-refractivity contribution is 5.77. The SMILES string of the molecule is O=C(O)[C@@H]1CC1(c1ccc(F)cc1)C1CC1. The summed E-state index contributed by atoms with van der Waals surface area (Å²) in [6, 6.07) is 6.35. The Hall–Kier alpha value is -1.38. The first-order chi connectivity index (χ1) is 7.64. The lowest BCUT2D eigenvalue weighted by atomic mass is 9.88. The highest BCUT2D eigenvalue weighted by atomic mass is 19.1. The van der Waals surface area contributed by atoms with Gasteiger partial charge in [-0.15, -0.1) is 0 Å². The van der Waals surface area contributed by atoms with E-state index in [1.165, 1.54) is 12.1 Å². The van der Waals surface area contributed by atoms with Crippen molar-refractivity contribution in [2.75, 3.05) is 0 Å². The molecule has 16 heavy (non-hydrogen) atoms. The monoisotopic (exact) mass is 220 g/mol. The predicted octanol–water partition coefficient (Wildman–Crippen LogP) is 2.58. The molecule has 2 aliphatic carbocycles. The average molecular weight is 220 g/mol. The summed E-state index contributed by atoms with van der Waals surface area (Å²) in [6.45, 7) is 0. The molecular formula is C13H13FO2. The maximum Gasteiger partial charge on any atom is 0.307 e. The number of hydrogen-bond acceptors (Lipinski definition) is 1. The number of rotatable bonds is 3. The molecule has 0 saturated heterocycles. The lowest BCUT2D eigenvalue weighted by molar-refractivity contribution is -0.139. The smallest absolute Gasteiger partial charge is 0.307 e. The number of hydrogen-bond donors (Lipinski definition) is 1. The first-order valence-corrected chi connectivity index (χ1v) is 5.63. The molecule has 3 heteroatoms. The van der Waals surface area contributed by atoms with Crippen molar-refractivity contribution < 1.29 is 14.3 Å². The van der Waals surface area contributed by atoms with Gasteiger partial charge in [0.2, 0.25) is 0 Å². The molecule has 2 saturated carbocycles. The Labute approximate surface area is 93.1 Å². The quantitative estimate of drug-likeness (QED) is 0.850. The third-order valence-electron chi connectivity index (χ3n) is 3.99. The molecule has 1 unspecified atom stereocenters. The van der Waals surface area contributed by atoms with Crippen molar-refractivity contribution in [2.45, 2.75) is 24.7 Å². The van der Waals surface area contributed by atoms with Crippen molar-refractivity contribution in [1.82, 2.24) is 0 Å². The molecule has 0 aliphatic heterocycles. The van der Waals surface area contributed by atoms with Crippen LogP contribution in [0.15, 0.2) is 24.3 Å². The molecule has 2 fully saturated rings. The zero-order valence-electron chi connectivity index (χ0n) is 8.82.